The summed E-state index contributed by atoms with van der Waals surface area (Å²) in [6, 6.07) is 6.11. The second-order valence-corrected chi connectivity index (χ2v) is 8.27. The maximum atomic E-state index is 5.97. The van der Waals surface area contributed by atoms with Gasteiger partial charge in [-0.15, -0.1) is 22.7 Å². The standard InChI is InChI=1S/C11H7Br2N3S2/c12-7-4-5(10(13)18-7)9-8(11(14)16-15-9)6-2-1-3-17-6/h1-4H,(H3,14,15,16). The quantitative estimate of drug-likeness (QED) is 0.633. The molecule has 0 aliphatic heterocycles. The van der Waals surface area contributed by atoms with Crippen LogP contribution < -0.4 is 5.73 Å². The first-order chi connectivity index (χ1) is 8.66. The van der Waals surface area contributed by atoms with Gasteiger partial charge in [-0.3, -0.25) is 5.10 Å². The molecule has 3 rings (SSSR count). The van der Waals surface area contributed by atoms with Gasteiger partial charge in [-0.25, -0.2) is 0 Å². The van der Waals surface area contributed by atoms with Crippen LogP contribution in [0.25, 0.3) is 21.7 Å². The van der Waals surface area contributed by atoms with Crippen molar-refractivity contribution in [2.24, 2.45) is 0 Å². The number of thiophene rings is 2. The summed E-state index contributed by atoms with van der Waals surface area (Å²) in [5.41, 5.74) is 8.95. The molecule has 0 aliphatic carbocycles. The molecule has 0 spiro atoms. The molecular formula is C11H7Br2N3S2. The van der Waals surface area contributed by atoms with E-state index in [1.165, 1.54) is 0 Å². The number of nitrogens with two attached hydrogens (primary N) is 1. The van der Waals surface area contributed by atoms with Crippen LogP contribution in [-0.2, 0) is 0 Å². The minimum absolute atomic E-state index is 0.529. The summed E-state index contributed by atoms with van der Waals surface area (Å²) in [4.78, 5) is 1.12. The molecular weight excluding hydrogens is 398 g/mol. The monoisotopic (exact) mass is 403 g/mol. The molecule has 0 atom stereocenters. The maximum Gasteiger partial charge on any atom is 0.154 e. The largest absolute Gasteiger partial charge is 0.382 e. The smallest absolute Gasteiger partial charge is 0.154 e. The van der Waals surface area contributed by atoms with Crippen molar-refractivity contribution < 1.29 is 0 Å². The van der Waals surface area contributed by atoms with Gasteiger partial charge >= 0.3 is 0 Å². The zero-order valence-electron chi connectivity index (χ0n) is 8.91. The second-order valence-electron chi connectivity index (χ2n) is 3.57. The molecule has 0 saturated carbocycles. The molecule has 0 amide bonds. The van der Waals surface area contributed by atoms with Gasteiger partial charge in [-0.2, -0.15) is 5.10 Å². The minimum atomic E-state index is 0.529. The van der Waals surface area contributed by atoms with E-state index in [0.29, 0.717) is 5.82 Å². The molecule has 3 aromatic rings. The Morgan fingerprint density at radius 3 is 2.78 bits per heavy atom. The summed E-state index contributed by atoms with van der Waals surface area (Å²) in [6.07, 6.45) is 0. The number of H-pyrrole nitrogens is 1. The predicted octanol–water partition coefficient (Wildman–Crippen LogP) is 4.97. The topological polar surface area (TPSA) is 54.7 Å². The fourth-order valence-electron chi connectivity index (χ4n) is 1.73. The van der Waals surface area contributed by atoms with E-state index in [0.717, 1.165) is 29.3 Å². The van der Waals surface area contributed by atoms with Crippen LogP contribution in [0.1, 0.15) is 0 Å². The highest BCUT2D eigenvalue weighted by molar-refractivity contribution is 9.12. The SMILES string of the molecule is Nc1n[nH]c(-c2cc(Br)sc2Br)c1-c1cccs1. The molecule has 18 heavy (non-hydrogen) atoms. The van der Waals surface area contributed by atoms with Crippen LogP contribution in [-0.4, -0.2) is 10.2 Å². The third-order valence-corrected chi connectivity index (χ3v) is 5.71. The molecule has 0 saturated heterocycles. The molecule has 3 aromatic heterocycles. The zero-order valence-corrected chi connectivity index (χ0v) is 13.7. The van der Waals surface area contributed by atoms with E-state index in [1.807, 2.05) is 17.5 Å². The minimum Gasteiger partial charge on any atom is -0.382 e. The summed E-state index contributed by atoms with van der Waals surface area (Å²) < 4.78 is 2.12. The molecule has 0 aliphatic rings. The Balaban J connectivity index is 2.23. The Labute approximate surface area is 128 Å². The Morgan fingerprint density at radius 1 is 1.33 bits per heavy atom. The van der Waals surface area contributed by atoms with Crippen molar-refractivity contribution in [2.45, 2.75) is 0 Å². The molecule has 3 N–H and O–H groups in total. The van der Waals surface area contributed by atoms with Crippen molar-refractivity contribution in [3.05, 3.63) is 31.2 Å². The number of hydrogen-bond donors (Lipinski definition) is 2. The molecule has 3 nitrogen and oxygen atoms in total. The van der Waals surface area contributed by atoms with Crippen LogP contribution in [0, 0.1) is 0 Å². The number of aromatic nitrogens is 2. The van der Waals surface area contributed by atoms with Crippen LogP contribution in [0.4, 0.5) is 5.82 Å². The maximum absolute atomic E-state index is 5.97. The lowest BCUT2D eigenvalue weighted by Gasteiger charge is -2.00. The van der Waals surface area contributed by atoms with Crippen LogP contribution in [0.3, 0.4) is 0 Å². The summed E-state index contributed by atoms with van der Waals surface area (Å²) in [5.74, 6) is 0.529. The van der Waals surface area contributed by atoms with Gasteiger partial charge in [0.15, 0.2) is 5.82 Å². The van der Waals surface area contributed by atoms with Crippen molar-refractivity contribution in [1.82, 2.24) is 10.2 Å². The third-order valence-electron chi connectivity index (χ3n) is 2.49. The van der Waals surface area contributed by atoms with Gasteiger partial charge in [0.2, 0.25) is 0 Å². The van der Waals surface area contributed by atoms with E-state index < -0.39 is 0 Å². The summed E-state index contributed by atoms with van der Waals surface area (Å²) in [6.45, 7) is 0. The number of aromatic amines is 1. The first kappa shape index (κ1) is 12.4. The highest BCUT2D eigenvalue weighted by Crippen LogP contribution is 2.43. The van der Waals surface area contributed by atoms with E-state index in [1.54, 1.807) is 22.7 Å². The molecule has 3 heterocycles. The number of nitrogens with one attached hydrogen (secondary N) is 1. The lowest BCUT2D eigenvalue weighted by molar-refractivity contribution is 1.10. The Bertz CT molecular complexity index is 685. The number of nitrogen functional groups attached to an aromatic ring is 1. The highest BCUT2D eigenvalue weighted by Gasteiger charge is 2.18. The van der Waals surface area contributed by atoms with Crippen molar-refractivity contribution in [2.75, 3.05) is 5.73 Å². The zero-order chi connectivity index (χ0) is 12.7. The summed E-state index contributed by atoms with van der Waals surface area (Å²) in [7, 11) is 0. The lowest BCUT2D eigenvalue weighted by Crippen LogP contribution is -1.86. The van der Waals surface area contributed by atoms with Gasteiger partial charge in [0.05, 0.1) is 18.8 Å². The fourth-order valence-corrected chi connectivity index (χ4v) is 5.34. The van der Waals surface area contributed by atoms with Crippen LogP contribution in [0.5, 0.6) is 0 Å². The van der Waals surface area contributed by atoms with E-state index in [4.69, 9.17) is 5.73 Å². The molecule has 0 fully saturated rings. The van der Waals surface area contributed by atoms with Crippen LogP contribution in [0.2, 0.25) is 0 Å². The predicted molar refractivity (Wildman–Crippen MR) is 85.0 cm³/mol. The normalized spacial score (nSPS) is 11.0. The van der Waals surface area contributed by atoms with E-state index >= 15 is 0 Å². The van der Waals surface area contributed by atoms with Crippen LogP contribution in [0.15, 0.2) is 31.2 Å². The summed E-state index contributed by atoms with van der Waals surface area (Å²) >= 11 is 10.3. The van der Waals surface area contributed by atoms with Gasteiger partial charge in [0, 0.05) is 10.4 Å². The van der Waals surface area contributed by atoms with Crippen molar-refractivity contribution in [3.63, 3.8) is 0 Å². The number of halogens is 2. The molecule has 7 heteroatoms. The molecule has 92 valence electrons. The Hall–Kier alpha value is -0.630. The van der Waals surface area contributed by atoms with Crippen molar-refractivity contribution >= 4 is 60.4 Å². The first-order valence-electron chi connectivity index (χ1n) is 4.99. The van der Waals surface area contributed by atoms with Gasteiger partial charge in [-0.1, -0.05) is 6.07 Å². The average molecular weight is 405 g/mol. The van der Waals surface area contributed by atoms with E-state index in [-0.39, 0.29) is 0 Å². The number of anilines is 1. The van der Waals surface area contributed by atoms with Gasteiger partial charge in [0.1, 0.15) is 0 Å². The first-order valence-corrected chi connectivity index (χ1v) is 8.28. The van der Waals surface area contributed by atoms with Gasteiger partial charge in [-0.05, 0) is 49.4 Å². The van der Waals surface area contributed by atoms with Crippen molar-refractivity contribution in [1.29, 1.82) is 0 Å². The molecule has 0 radical (unpaired) electrons. The number of nitrogens with zero attached hydrogens (tertiary/aromatic N) is 1. The van der Waals surface area contributed by atoms with E-state index in [2.05, 4.69) is 48.1 Å². The second kappa shape index (κ2) is 4.80. The lowest BCUT2D eigenvalue weighted by atomic mass is 10.1. The van der Waals surface area contributed by atoms with Crippen molar-refractivity contribution in [3.8, 4) is 21.7 Å². The summed E-state index contributed by atoms with van der Waals surface area (Å²) in [5, 5.41) is 9.18. The highest BCUT2D eigenvalue weighted by atomic mass is 79.9. The molecule has 0 aromatic carbocycles. The molecule has 0 bridgehead atoms. The fraction of sp³-hybridized carbons (Fsp3) is 0. The Morgan fingerprint density at radius 2 is 2.17 bits per heavy atom. The van der Waals surface area contributed by atoms with Gasteiger partial charge in [0.25, 0.3) is 0 Å². The number of hydrogen-bond acceptors (Lipinski definition) is 4. The average Bonchev–Trinajstić information content (AvgIpc) is 2.99. The molecule has 0 unspecified atom stereocenters. The number of rotatable bonds is 2. The van der Waals surface area contributed by atoms with Gasteiger partial charge < -0.3 is 5.73 Å². The van der Waals surface area contributed by atoms with Crippen LogP contribution >= 0.6 is 54.5 Å². The Kier molecular flexibility index (Phi) is 3.31. The third kappa shape index (κ3) is 2.05. The van der Waals surface area contributed by atoms with E-state index in [9.17, 15) is 0 Å².